The van der Waals surface area contributed by atoms with Crippen molar-refractivity contribution in [3.8, 4) is 11.5 Å². The van der Waals surface area contributed by atoms with Crippen molar-refractivity contribution in [2.75, 3.05) is 25.7 Å². The van der Waals surface area contributed by atoms with Gasteiger partial charge >= 0.3 is 10.2 Å². The summed E-state index contributed by atoms with van der Waals surface area (Å²) in [4.78, 5) is 1.58. The first kappa shape index (κ1) is 32.2. The largest absolute Gasteiger partial charge is 0.494 e. The van der Waals surface area contributed by atoms with Crippen LogP contribution in [0.1, 0.15) is 18.9 Å². The molecule has 0 unspecified atom stereocenters. The molecule has 0 atom stereocenters. The highest BCUT2D eigenvalue weighted by Gasteiger charge is 2.16. The van der Waals surface area contributed by atoms with Gasteiger partial charge in [-0.15, -0.1) is 19.2 Å². The third-order valence-corrected chi connectivity index (χ3v) is 7.99. The van der Waals surface area contributed by atoms with E-state index in [1.807, 2.05) is 24.0 Å². The Hall–Kier alpha value is -4.76. The van der Waals surface area contributed by atoms with Gasteiger partial charge in [-0.05, 0) is 61.0 Å². The minimum absolute atomic E-state index is 0.0877. The average molecular weight is 644 g/mol. The minimum atomic E-state index is -4.75. The number of nitrogens with zero attached hydrogens (tertiary/aromatic N) is 5. The van der Waals surface area contributed by atoms with Crippen molar-refractivity contribution >= 4 is 48.1 Å². The first-order valence-electron chi connectivity index (χ1n) is 13.0. The number of halogens is 2. The summed E-state index contributed by atoms with van der Waals surface area (Å²) in [5.74, 6) is -0.164. The predicted octanol–water partition coefficient (Wildman–Crippen LogP) is 7.08. The number of azo groups is 2. The smallest absolute Gasteiger partial charge is 0.332 e. The Kier molecular flexibility index (Phi) is 10.3. The van der Waals surface area contributed by atoms with E-state index < -0.39 is 32.8 Å². The molecule has 4 rings (SSSR count). The Morgan fingerprint density at radius 3 is 1.95 bits per heavy atom. The SMILES string of the molecule is CCN(Cc1ccc(S(=O)(=O)F)cc1)c1ccc(N=Nc2cc(OC)c(N=NC3=C(F)CC(=S(=O)=O)C=C3)cc2OC)cc1. The second kappa shape index (κ2) is 14.1. The first-order valence-corrected chi connectivity index (χ1v) is 15.5. The van der Waals surface area contributed by atoms with Crippen molar-refractivity contribution in [2.45, 2.75) is 24.8 Å². The molecule has 0 fully saturated rings. The van der Waals surface area contributed by atoms with Crippen LogP contribution in [0.5, 0.6) is 11.5 Å². The lowest BCUT2D eigenvalue weighted by atomic mass is 10.1. The highest BCUT2D eigenvalue weighted by atomic mass is 32.3. The van der Waals surface area contributed by atoms with Crippen LogP contribution in [0.3, 0.4) is 0 Å². The van der Waals surface area contributed by atoms with E-state index in [1.54, 1.807) is 24.3 Å². The molecule has 0 saturated carbocycles. The molecule has 0 amide bonds. The number of ether oxygens (including phenoxy) is 2. The summed E-state index contributed by atoms with van der Waals surface area (Å²) in [6.45, 7) is 3.11. The van der Waals surface area contributed by atoms with Crippen molar-refractivity contribution in [1.29, 1.82) is 0 Å². The number of anilines is 1. The molecule has 230 valence electrons. The molecule has 0 heterocycles. The summed E-state index contributed by atoms with van der Waals surface area (Å²) in [5, 5.41) is 16.5. The number of hydrogen-bond acceptors (Lipinski definition) is 11. The van der Waals surface area contributed by atoms with E-state index in [9.17, 15) is 25.1 Å². The Labute approximate surface area is 254 Å². The molecule has 3 aromatic rings. The van der Waals surface area contributed by atoms with Gasteiger partial charge in [-0.25, -0.2) is 4.39 Å². The van der Waals surface area contributed by atoms with Crippen LogP contribution in [-0.2, 0) is 27.1 Å². The molecular weight excluding hydrogens is 616 g/mol. The van der Waals surface area contributed by atoms with E-state index >= 15 is 0 Å². The van der Waals surface area contributed by atoms with Crippen LogP contribution in [0.25, 0.3) is 0 Å². The maximum Gasteiger partial charge on any atom is 0.332 e. The van der Waals surface area contributed by atoms with Crippen LogP contribution < -0.4 is 14.4 Å². The normalized spacial score (nSPS) is 13.6. The summed E-state index contributed by atoms with van der Waals surface area (Å²) in [5.41, 5.74) is 2.70. The van der Waals surface area contributed by atoms with Crippen molar-refractivity contribution < 1.29 is 34.6 Å². The fraction of sp³-hybridized carbons (Fsp3) is 0.207. The van der Waals surface area contributed by atoms with E-state index in [0.29, 0.717) is 30.2 Å². The van der Waals surface area contributed by atoms with E-state index in [1.165, 1.54) is 50.6 Å². The lowest BCUT2D eigenvalue weighted by molar-refractivity contribution is 0.405. The lowest BCUT2D eigenvalue weighted by Crippen LogP contribution is -2.21. The first-order chi connectivity index (χ1) is 21.0. The fourth-order valence-electron chi connectivity index (χ4n) is 4.10. The molecular formula is C29H27F2N5O6S2. The summed E-state index contributed by atoms with van der Waals surface area (Å²) in [6.07, 6.45) is 2.09. The van der Waals surface area contributed by atoms with Crippen LogP contribution in [0.2, 0.25) is 0 Å². The highest BCUT2D eigenvalue weighted by Crippen LogP contribution is 2.41. The van der Waals surface area contributed by atoms with Crippen molar-refractivity contribution in [3.63, 3.8) is 0 Å². The minimum Gasteiger partial charge on any atom is -0.494 e. The predicted molar refractivity (Wildman–Crippen MR) is 162 cm³/mol. The maximum absolute atomic E-state index is 14.3. The third-order valence-electron chi connectivity index (χ3n) is 6.44. The van der Waals surface area contributed by atoms with Gasteiger partial charge in [-0.1, -0.05) is 12.1 Å². The summed E-state index contributed by atoms with van der Waals surface area (Å²) in [7, 11) is -4.41. The number of methoxy groups -OCH3 is 2. The Morgan fingerprint density at radius 2 is 1.45 bits per heavy atom. The zero-order valence-electron chi connectivity index (χ0n) is 23.8. The van der Waals surface area contributed by atoms with Crippen molar-refractivity contribution in [2.24, 2.45) is 20.5 Å². The number of rotatable bonds is 11. The van der Waals surface area contributed by atoms with Crippen LogP contribution in [0, 0.1) is 0 Å². The van der Waals surface area contributed by atoms with Crippen LogP contribution in [0.4, 0.5) is 31.0 Å². The molecule has 1 aliphatic carbocycles. The Balaban J connectivity index is 1.50. The fourth-order valence-corrected chi connectivity index (χ4v) is 4.99. The van der Waals surface area contributed by atoms with Gasteiger partial charge in [-0.3, -0.25) is 0 Å². The quantitative estimate of drug-likeness (QED) is 0.124. The van der Waals surface area contributed by atoms with E-state index in [0.717, 1.165) is 11.3 Å². The summed E-state index contributed by atoms with van der Waals surface area (Å²) in [6, 6.07) is 15.9. The molecule has 0 bridgehead atoms. The molecule has 11 nitrogen and oxygen atoms in total. The van der Waals surface area contributed by atoms with Crippen molar-refractivity contribution in [1.82, 2.24) is 0 Å². The molecule has 44 heavy (non-hydrogen) atoms. The third kappa shape index (κ3) is 7.99. The zero-order valence-corrected chi connectivity index (χ0v) is 25.4. The van der Waals surface area contributed by atoms with Gasteiger partial charge in [0, 0.05) is 37.3 Å². The standard InChI is InChI=1S/C29H27F2N5O6S2/c1-4-36(18-19-5-12-23(13-6-19)44(31,39)40)21-9-7-20(8-10-21)32-34-26-16-29(42-3)27(17-28(26)41-2)35-33-25-14-11-22(43(37)38)15-24(25)30/h5-14,16-17H,4,15,18H2,1-3H3. The van der Waals surface area contributed by atoms with Gasteiger partial charge in [0.25, 0.3) is 0 Å². The second-order valence-corrected chi connectivity index (χ2v) is 11.6. The lowest BCUT2D eigenvalue weighted by Gasteiger charge is -2.23. The van der Waals surface area contributed by atoms with Gasteiger partial charge in [0.15, 0.2) is 0 Å². The Morgan fingerprint density at radius 1 is 0.864 bits per heavy atom. The molecule has 3 aromatic carbocycles. The van der Waals surface area contributed by atoms with Gasteiger partial charge in [-0.2, -0.15) is 21.9 Å². The van der Waals surface area contributed by atoms with Gasteiger partial charge < -0.3 is 14.4 Å². The highest BCUT2D eigenvalue weighted by molar-refractivity contribution is 7.86. The van der Waals surface area contributed by atoms with E-state index in [-0.39, 0.29) is 26.9 Å². The van der Waals surface area contributed by atoms with Gasteiger partial charge in [0.05, 0.1) is 29.7 Å². The average Bonchev–Trinajstić information content (AvgIpc) is 3.01. The number of hydrogen-bond donors (Lipinski definition) is 0. The topological polar surface area (TPSA) is 139 Å². The molecule has 0 spiro atoms. The second-order valence-electron chi connectivity index (χ2n) is 9.21. The Bertz CT molecular complexity index is 1900. The summed E-state index contributed by atoms with van der Waals surface area (Å²) >= 11 is 0. The summed E-state index contributed by atoms with van der Waals surface area (Å²) < 4.78 is 82.6. The molecule has 0 aliphatic heterocycles. The molecule has 0 aromatic heterocycles. The zero-order chi connectivity index (χ0) is 31.9. The van der Waals surface area contributed by atoms with Gasteiger partial charge in [0.2, 0.25) is 10.3 Å². The van der Waals surface area contributed by atoms with Gasteiger partial charge in [0.1, 0.15) is 34.4 Å². The number of benzene rings is 3. The van der Waals surface area contributed by atoms with E-state index in [4.69, 9.17) is 9.47 Å². The monoisotopic (exact) mass is 643 g/mol. The molecule has 15 heteroatoms. The molecule has 0 saturated heterocycles. The van der Waals surface area contributed by atoms with Crippen molar-refractivity contribution in [3.05, 3.63) is 89.9 Å². The van der Waals surface area contributed by atoms with Crippen LogP contribution >= 0.6 is 0 Å². The van der Waals surface area contributed by atoms with Crippen LogP contribution in [0.15, 0.2) is 110 Å². The van der Waals surface area contributed by atoms with Crippen LogP contribution in [-0.4, -0.2) is 42.5 Å². The number of allylic oxidation sites excluding steroid dienone is 3. The van der Waals surface area contributed by atoms with E-state index in [2.05, 4.69) is 20.5 Å². The maximum atomic E-state index is 14.3. The molecule has 1 aliphatic rings. The molecule has 0 radical (unpaired) electrons. The molecule has 0 N–H and O–H groups in total.